The quantitative estimate of drug-likeness (QED) is 0.612. The summed E-state index contributed by atoms with van der Waals surface area (Å²) in [7, 11) is 0. The Labute approximate surface area is 98.3 Å². The number of fused-ring (bicyclic) bond motifs is 1. The second-order valence-electron chi connectivity index (χ2n) is 3.32. The van der Waals surface area contributed by atoms with Gasteiger partial charge in [-0.3, -0.25) is 0 Å². The molecule has 0 aliphatic carbocycles. The van der Waals surface area contributed by atoms with Crippen LogP contribution in [0.4, 0.5) is 0 Å². The first-order valence-electron chi connectivity index (χ1n) is 5.84. The van der Waals surface area contributed by atoms with Crippen molar-refractivity contribution in [3.8, 4) is 12.3 Å². The van der Waals surface area contributed by atoms with Gasteiger partial charge in [0, 0.05) is 10.9 Å². The lowest BCUT2D eigenvalue weighted by molar-refractivity contribution is 1.16. The van der Waals surface area contributed by atoms with E-state index in [0.717, 1.165) is 12.0 Å². The lowest BCUT2D eigenvalue weighted by Crippen LogP contribution is -1.86. The van der Waals surface area contributed by atoms with E-state index in [1.807, 2.05) is 26.0 Å². The highest BCUT2D eigenvalue weighted by atomic mass is 14.1. The molecule has 0 saturated heterocycles. The van der Waals surface area contributed by atoms with E-state index in [0.29, 0.717) is 0 Å². The van der Waals surface area contributed by atoms with Gasteiger partial charge in [-0.1, -0.05) is 57.0 Å². The molecule has 0 unspecified atom stereocenters. The molecule has 16 heavy (non-hydrogen) atoms. The lowest BCUT2D eigenvalue weighted by atomic mass is 9.98. The number of aryl methyl sites for hydroxylation is 1. The fourth-order valence-electron chi connectivity index (χ4n) is 1.83. The Kier molecular flexibility index (Phi) is 4.61. The molecule has 2 rings (SSSR count). The molecule has 0 N–H and O–H groups in total. The van der Waals surface area contributed by atoms with Crippen molar-refractivity contribution in [2.75, 3.05) is 0 Å². The molecule has 0 aliphatic rings. The zero-order valence-electron chi connectivity index (χ0n) is 10.2. The van der Waals surface area contributed by atoms with Crippen LogP contribution in [0.1, 0.15) is 31.9 Å². The van der Waals surface area contributed by atoms with Gasteiger partial charge in [0.15, 0.2) is 0 Å². The molecule has 0 saturated carbocycles. The van der Waals surface area contributed by atoms with Gasteiger partial charge in [-0.2, -0.15) is 0 Å². The van der Waals surface area contributed by atoms with Crippen LogP contribution in [0.25, 0.3) is 10.8 Å². The van der Waals surface area contributed by atoms with Crippen LogP contribution < -0.4 is 0 Å². The van der Waals surface area contributed by atoms with E-state index < -0.39 is 0 Å². The van der Waals surface area contributed by atoms with Crippen molar-refractivity contribution in [3.63, 3.8) is 0 Å². The van der Waals surface area contributed by atoms with Crippen molar-refractivity contribution in [3.05, 3.63) is 47.5 Å². The summed E-state index contributed by atoms with van der Waals surface area (Å²) >= 11 is 0. The molecule has 0 heterocycles. The summed E-state index contributed by atoms with van der Waals surface area (Å²) in [4.78, 5) is 0. The number of hydrogen-bond acceptors (Lipinski definition) is 0. The monoisotopic (exact) mass is 210 g/mol. The van der Waals surface area contributed by atoms with Gasteiger partial charge in [-0.15, -0.1) is 6.42 Å². The van der Waals surface area contributed by atoms with Crippen LogP contribution in [0.2, 0.25) is 0 Å². The number of rotatable bonds is 1. The Morgan fingerprint density at radius 1 is 1.06 bits per heavy atom. The number of terminal acetylenes is 1. The first-order valence-corrected chi connectivity index (χ1v) is 5.84. The van der Waals surface area contributed by atoms with Crippen molar-refractivity contribution in [2.45, 2.75) is 27.2 Å². The van der Waals surface area contributed by atoms with Crippen LogP contribution >= 0.6 is 0 Å². The SMILES string of the molecule is C#Cc1cccc2cccc(CC)c12.CC. The maximum absolute atomic E-state index is 5.49. The Hall–Kier alpha value is -1.74. The van der Waals surface area contributed by atoms with Crippen LogP contribution in [0, 0.1) is 12.3 Å². The molecule has 0 aliphatic heterocycles. The molecule has 0 bridgehead atoms. The highest BCUT2D eigenvalue weighted by Gasteiger charge is 2.02. The average molecular weight is 210 g/mol. The molecule has 82 valence electrons. The standard InChI is InChI=1S/C14H12.C2H6/c1-3-11-7-5-9-13-10-6-8-12(4-2)14(11)13;1-2/h1,5-10H,4H2,2H3;1-2H3. The van der Waals surface area contributed by atoms with E-state index in [4.69, 9.17) is 6.42 Å². The Balaban J connectivity index is 0.000000606. The Morgan fingerprint density at radius 3 is 2.25 bits per heavy atom. The van der Waals surface area contributed by atoms with Crippen LogP contribution in [0.3, 0.4) is 0 Å². The maximum Gasteiger partial charge on any atom is 0.0323 e. The molecular formula is C16H18. The van der Waals surface area contributed by atoms with Gasteiger partial charge in [0.1, 0.15) is 0 Å². The van der Waals surface area contributed by atoms with E-state index in [2.05, 4.69) is 37.1 Å². The Bertz CT molecular complexity index is 496. The molecule has 2 aromatic carbocycles. The molecule has 0 radical (unpaired) electrons. The van der Waals surface area contributed by atoms with E-state index in [1.54, 1.807) is 0 Å². The minimum Gasteiger partial charge on any atom is -0.115 e. The molecule has 0 atom stereocenters. The van der Waals surface area contributed by atoms with Gasteiger partial charge < -0.3 is 0 Å². The zero-order chi connectivity index (χ0) is 12.0. The number of hydrogen-bond donors (Lipinski definition) is 0. The van der Waals surface area contributed by atoms with Gasteiger partial charge >= 0.3 is 0 Å². The maximum atomic E-state index is 5.49. The van der Waals surface area contributed by atoms with Crippen molar-refractivity contribution in [1.82, 2.24) is 0 Å². The smallest absolute Gasteiger partial charge is 0.0323 e. The molecule has 0 nitrogen and oxygen atoms in total. The predicted octanol–water partition coefficient (Wildman–Crippen LogP) is 4.41. The van der Waals surface area contributed by atoms with E-state index in [-0.39, 0.29) is 0 Å². The molecule has 2 aromatic rings. The van der Waals surface area contributed by atoms with Crippen molar-refractivity contribution < 1.29 is 0 Å². The fraction of sp³-hybridized carbons (Fsp3) is 0.250. The molecular weight excluding hydrogens is 192 g/mol. The molecule has 0 aromatic heterocycles. The van der Waals surface area contributed by atoms with Gasteiger partial charge in [0.05, 0.1) is 0 Å². The summed E-state index contributed by atoms with van der Waals surface area (Å²) in [5.41, 5.74) is 2.33. The van der Waals surface area contributed by atoms with Gasteiger partial charge in [0.2, 0.25) is 0 Å². The van der Waals surface area contributed by atoms with E-state index in [1.165, 1.54) is 16.3 Å². The van der Waals surface area contributed by atoms with Crippen LogP contribution in [0.15, 0.2) is 36.4 Å². The molecule has 0 fully saturated rings. The minimum absolute atomic E-state index is 1.000. The highest BCUT2D eigenvalue weighted by molar-refractivity contribution is 5.91. The summed E-state index contributed by atoms with van der Waals surface area (Å²) in [6.45, 7) is 6.15. The summed E-state index contributed by atoms with van der Waals surface area (Å²) in [5, 5.41) is 2.47. The summed E-state index contributed by atoms with van der Waals surface area (Å²) < 4.78 is 0. The first-order chi connectivity index (χ1) is 7.86. The second-order valence-corrected chi connectivity index (χ2v) is 3.32. The Morgan fingerprint density at radius 2 is 1.69 bits per heavy atom. The van der Waals surface area contributed by atoms with Gasteiger partial charge in [-0.25, -0.2) is 0 Å². The van der Waals surface area contributed by atoms with Crippen molar-refractivity contribution >= 4 is 10.8 Å². The molecule has 0 heteroatoms. The topological polar surface area (TPSA) is 0 Å². The second kappa shape index (κ2) is 5.98. The van der Waals surface area contributed by atoms with Crippen LogP contribution in [-0.2, 0) is 6.42 Å². The molecule has 0 amide bonds. The largest absolute Gasteiger partial charge is 0.115 e. The highest BCUT2D eigenvalue weighted by Crippen LogP contribution is 2.22. The number of benzene rings is 2. The van der Waals surface area contributed by atoms with Gasteiger partial charge in [0.25, 0.3) is 0 Å². The third-order valence-electron chi connectivity index (χ3n) is 2.53. The minimum atomic E-state index is 1.000. The van der Waals surface area contributed by atoms with Crippen LogP contribution in [0.5, 0.6) is 0 Å². The third-order valence-corrected chi connectivity index (χ3v) is 2.53. The summed E-state index contributed by atoms with van der Waals surface area (Å²) in [6.07, 6.45) is 6.51. The van der Waals surface area contributed by atoms with Gasteiger partial charge in [-0.05, 0) is 23.4 Å². The summed E-state index contributed by atoms with van der Waals surface area (Å²) in [5.74, 6) is 2.74. The van der Waals surface area contributed by atoms with Crippen LogP contribution in [-0.4, -0.2) is 0 Å². The first kappa shape index (κ1) is 12.3. The normalized spacial score (nSPS) is 9.12. The van der Waals surface area contributed by atoms with Crippen molar-refractivity contribution in [2.24, 2.45) is 0 Å². The predicted molar refractivity (Wildman–Crippen MR) is 72.6 cm³/mol. The lowest BCUT2D eigenvalue weighted by Gasteiger charge is -2.05. The van der Waals surface area contributed by atoms with E-state index in [9.17, 15) is 0 Å². The van der Waals surface area contributed by atoms with Crippen molar-refractivity contribution in [1.29, 1.82) is 0 Å². The van der Waals surface area contributed by atoms with E-state index >= 15 is 0 Å². The average Bonchev–Trinajstić information content (AvgIpc) is 2.39. The molecule has 0 spiro atoms. The fourth-order valence-corrected chi connectivity index (χ4v) is 1.83. The third kappa shape index (κ3) is 2.25. The zero-order valence-corrected chi connectivity index (χ0v) is 10.2. The summed E-state index contributed by atoms with van der Waals surface area (Å²) in [6, 6.07) is 12.5.